The van der Waals surface area contributed by atoms with E-state index in [2.05, 4.69) is 15.2 Å². The molecular weight excluding hydrogens is 274 g/mol. The molecule has 1 atom stereocenters. The minimum absolute atomic E-state index is 0. The number of halogens is 3. The molecule has 1 aromatic rings. The summed E-state index contributed by atoms with van der Waals surface area (Å²) in [5.74, 6) is 1.04. The lowest BCUT2D eigenvalue weighted by molar-refractivity contribution is 0.0641. The first-order valence-electron chi connectivity index (χ1n) is 6.36. The van der Waals surface area contributed by atoms with E-state index < -0.39 is 6.55 Å². The van der Waals surface area contributed by atoms with Gasteiger partial charge in [0.15, 0.2) is 0 Å². The average Bonchev–Trinajstić information content (AvgIpc) is 2.78. The number of hydrogen-bond acceptors (Lipinski definition) is 3. The zero-order valence-electron chi connectivity index (χ0n) is 11.1. The van der Waals surface area contributed by atoms with E-state index in [0.29, 0.717) is 18.3 Å². The maximum atomic E-state index is 12.7. The molecule has 1 N–H and O–H groups in total. The van der Waals surface area contributed by atoms with Gasteiger partial charge in [0, 0.05) is 18.9 Å². The monoisotopic (exact) mass is 294 g/mol. The summed E-state index contributed by atoms with van der Waals surface area (Å²) in [6.07, 6.45) is 5.16. The smallest absolute Gasteiger partial charge is 0.316 e. The van der Waals surface area contributed by atoms with E-state index >= 15 is 0 Å². The average molecular weight is 295 g/mol. The van der Waals surface area contributed by atoms with Gasteiger partial charge in [-0.25, -0.2) is 4.98 Å². The van der Waals surface area contributed by atoms with Gasteiger partial charge in [-0.05, 0) is 38.9 Å². The summed E-state index contributed by atoms with van der Waals surface area (Å²) >= 11 is 0. The van der Waals surface area contributed by atoms with Crippen LogP contribution in [0.25, 0.3) is 0 Å². The highest BCUT2D eigenvalue weighted by molar-refractivity contribution is 5.85. The molecule has 0 radical (unpaired) electrons. The first-order valence-corrected chi connectivity index (χ1v) is 6.36. The highest BCUT2D eigenvalue weighted by Crippen LogP contribution is 2.15. The van der Waals surface area contributed by atoms with Gasteiger partial charge in [0.05, 0.1) is 6.54 Å². The van der Waals surface area contributed by atoms with Crippen LogP contribution in [0.15, 0.2) is 12.4 Å². The third-order valence-electron chi connectivity index (χ3n) is 3.34. The lowest BCUT2D eigenvalue weighted by Gasteiger charge is -2.27. The maximum absolute atomic E-state index is 12.7. The molecule has 0 saturated carbocycles. The molecule has 7 heteroatoms. The van der Waals surface area contributed by atoms with Gasteiger partial charge in [0.1, 0.15) is 5.82 Å². The Morgan fingerprint density at radius 2 is 2.37 bits per heavy atom. The van der Waals surface area contributed by atoms with Crippen LogP contribution in [0.2, 0.25) is 0 Å². The Morgan fingerprint density at radius 3 is 3.00 bits per heavy atom. The number of nitrogens with zero attached hydrogens (tertiary/aromatic N) is 3. The number of imidazole rings is 1. The predicted molar refractivity (Wildman–Crippen MR) is 72.7 cm³/mol. The van der Waals surface area contributed by atoms with E-state index in [1.165, 1.54) is 25.2 Å². The molecule has 0 amide bonds. The van der Waals surface area contributed by atoms with Crippen molar-refractivity contribution in [3.8, 4) is 0 Å². The third kappa shape index (κ3) is 4.71. The van der Waals surface area contributed by atoms with Crippen LogP contribution in [-0.4, -0.2) is 41.1 Å². The predicted octanol–water partition coefficient (Wildman–Crippen LogP) is 2.13. The standard InChI is InChI=1S/C12H20F2N4.ClH/c1-17(8-10-3-2-4-15-7-10)9-11-16-5-6-18(11)12(13)14;/h5-6,10,12,15H,2-4,7-9H2,1H3;1H. The Balaban J connectivity index is 0.00000180. The van der Waals surface area contributed by atoms with E-state index in [4.69, 9.17) is 0 Å². The number of piperidine rings is 1. The molecule has 0 aliphatic carbocycles. The first-order chi connectivity index (χ1) is 8.66. The van der Waals surface area contributed by atoms with Gasteiger partial charge >= 0.3 is 6.55 Å². The van der Waals surface area contributed by atoms with Crippen LogP contribution >= 0.6 is 12.4 Å². The van der Waals surface area contributed by atoms with Crippen LogP contribution in [0.4, 0.5) is 8.78 Å². The summed E-state index contributed by atoms with van der Waals surface area (Å²) in [5, 5.41) is 3.36. The quantitative estimate of drug-likeness (QED) is 0.903. The van der Waals surface area contributed by atoms with Gasteiger partial charge in [0.2, 0.25) is 0 Å². The van der Waals surface area contributed by atoms with Crippen molar-refractivity contribution in [2.24, 2.45) is 5.92 Å². The topological polar surface area (TPSA) is 33.1 Å². The lowest BCUT2D eigenvalue weighted by atomic mass is 9.99. The zero-order chi connectivity index (χ0) is 13.0. The van der Waals surface area contributed by atoms with Crippen LogP contribution in [0.5, 0.6) is 0 Å². The van der Waals surface area contributed by atoms with Crippen LogP contribution in [0.1, 0.15) is 25.2 Å². The molecule has 2 rings (SSSR count). The summed E-state index contributed by atoms with van der Waals surface area (Å²) in [6, 6.07) is 0. The van der Waals surface area contributed by atoms with Crippen molar-refractivity contribution in [2.75, 3.05) is 26.7 Å². The second-order valence-corrected chi connectivity index (χ2v) is 4.94. The van der Waals surface area contributed by atoms with E-state index in [9.17, 15) is 8.78 Å². The van der Waals surface area contributed by atoms with E-state index in [1.54, 1.807) is 0 Å². The fourth-order valence-corrected chi connectivity index (χ4v) is 2.47. The Bertz CT molecular complexity index is 366. The Kier molecular flexibility index (Phi) is 6.68. The van der Waals surface area contributed by atoms with Crippen molar-refractivity contribution in [3.63, 3.8) is 0 Å². The Morgan fingerprint density at radius 1 is 1.58 bits per heavy atom. The molecule has 1 aliphatic rings. The lowest BCUT2D eigenvalue weighted by Crippen LogP contribution is -2.37. The van der Waals surface area contributed by atoms with Gasteiger partial charge in [-0.2, -0.15) is 8.78 Å². The van der Waals surface area contributed by atoms with Crippen LogP contribution < -0.4 is 5.32 Å². The molecule has 4 nitrogen and oxygen atoms in total. The first kappa shape index (κ1) is 16.3. The third-order valence-corrected chi connectivity index (χ3v) is 3.34. The SMILES string of the molecule is CN(Cc1nccn1C(F)F)CC1CCCNC1.Cl. The minimum atomic E-state index is -2.51. The minimum Gasteiger partial charge on any atom is -0.316 e. The molecule has 2 heterocycles. The van der Waals surface area contributed by atoms with Crippen molar-refractivity contribution in [1.82, 2.24) is 19.8 Å². The van der Waals surface area contributed by atoms with Gasteiger partial charge < -0.3 is 5.32 Å². The normalized spacial score (nSPS) is 19.7. The van der Waals surface area contributed by atoms with Gasteiger partial charge in [-0.1, -0.05) is 0 Å². The second-order valence-electron chi connectivity index (χ2n) is 4.94. The number of aromatic nitrogens is 2. The molecule has 1 aliphatic heterocycles. The van der Waals surface area contributed by atoms with E-state index in [0.717, 1.165) is 24.2 Å². The van der Waals surface area contributed by atoms with Crippen LogP contribution in [-0.2, 0) is 6.54 Å². The zero-order valence-corrected chi connectivity index (χ0v) is 11.9. The van der Waals surface area contributed by atoms with E-state index in [-0.39, 0.29) is 12.4 Å². The van der Waals surface area contributed by atoms with E-state index in [1.807, 2.05) is 7.05 Å². The van der Waals surface area contributed by atoms with Crippen molar-refractivity contribution in [2.45, 2.75) is 25.9 Å². The van der Waals surface area contributed by atoms with Crippen LogP contribution in [0, 0.1) is 5.92 Å². The van der Waals surface area contributed by atoms with Crippen molar-refractivity contribution in [1.29, 1.82) is 0 Å². The maximum Gasteiger partial charge on any atom is 0.319 e. The molecular formula is C12H21ClF2N4. The largest absolute Gasteiger partial charge is 0.319 e. The van der Waals surface area contributed by atoms with Crippen molar-refractivity contribution >= 4 is 12.4 Å². The molecule has 1 unspecified atom stereocenters. The molecule has 110 valence electrons. The van der Waals surface area contributed by atoms with Crippen molar-refractivity contribution in [3.05, 3.63) is 18.2 Å². The van der Waals surface area contributed by atoms with Crippen molar-refractivity contribution < 1.29 is 8.78 Å². The Labute approximate surface area is 118 Å². The fourth-order valence-electron chi connectivity index (χ4n) is 2.47. The summed E-state index contributed by atoms with van der Waals surface area (Å²) in [6.45, 7) is 0.993. The number of rotatable bonds is 5. The number of nitrogens with one attached hydrogen (secondary N) is 1. The summed E-state index contributed by atoms with van der Waals surface area (Å²) in [7, 11) is 1.96. The van der Waals surface area contributed by atoms with Gasteiger partial charge in [-0.15, -0.1) is 12.4 Å². The molecule has 1 aromatic heterocycles. The summed E-state index contributed by atoms with van der Waals surface area (Å²) in [5.41, 5.74) is 0. The fraction of sp³-hybridized carbons (Fsp3) is 0.750. The summed E-state index contributed by atoms with van der Waals surface area (Å²) < 4.78 is 26.3. The molecule has 0 spiro atoms. The highest BCUT2D eigenvalue weighted by atomic mass is 35.5. The molecule has 0 aromatic carbocycles. The molecule has 19 heavy (non-hydrogen) atoms. The molecule has 1 saturated heterocycles. The van der Waals surface area contributed by atoms with Crippen LogP contribution in [0.3, 0.4) is 0 Å². The molecule has 1 fully saturated rings. The Hall–Kier alpha value is -0.720. The van der Waals surface area contributed by atoms with Gasteiger partial charge in [-0.3, -0.25) is 9.47 Å². The second kappa shape index (κ2) is 7.77. The number of alkyl halides is 2. The molecule has 0 bridgehead atoms. The van der Waals surface area contributed by atoms with Gasteiger partial charge in [0.25, 0.3) is 0 Å². The summed E-state index contributed by atoms with van der Waals surface area (Å²) in [4.78, 5) is 6.06. The number of hydrogen-bond donors (Lipinski definition) is 1. The highest BCUT2D eigenvalue weighted by Gasteiger charge is 2.17.